The number of aryl methyl sites for hydroxylation is 1. The Hall–Kier alpha value is -2.40. The molecule has 5 heteroatoms. The Bertz CT molecular complexity index is 792. The summed E-state index contributed by atoms with van der Waals surface area (Å²) in [6.07, 6.45) is 0. The van der Waals surface area contributed by atoms with Crippen LogP contribution < -0.4 is 4.90 Å². The molecule has 1 heterocycles. The van der Waals surface area contributed by atoms with Gasteiger partial charge in [0.05, 0.1) is 11.3 Å². The molecule has 0 fully saturated rings. The quantitative estimate of drug-likeness (QED) is 0.835. The van der Waals surface area contributed by atoms with E-state index in [1.165, 1.54) is 0 Å². The largest absolute Gasteiger partial charge is 0.502 e. The smallest absolute Gasteiger partial charge is 0.301 e. The van der Waals surface area contributed by atoms with E-state index in [4.69, 9.17) is 0 Å². The van der Waals surface area contributed by atoms with Gasteiger partial charge in [-0.3, -0.25) is 9.59 Å². The minimum absolute atomic E-state index is 0.0351. The van der Waals surface area contributed by atoms with Gasteiger partial charge in [-0.2, -0.15) is 0 Å². The van der Waals surface area contributed by atoms with E-state index >= 15 is 0 Å². The number of hydrogen-bond donors (Lipinski definition) is 1. The number of aliphatic hydroxyl groups is 1. The molecule has 110 valence electrons. The maximum Gasteiger partial charge on any atom is 0.301 e. The lowest BCUT2D eigenvalue weighted by atomic mass is 10.0. The summed E-state index contributed by atoms with van der Waals surface area (Å²) in [5, 5.41) is 10.1. The fraction of sp³-hybridized carbons (Fsp3) is 0.0588. The number of anilines is 1. The molecule has 0 spiro atoms. The van der Waals surface area contributed by atoms with Crippen molar-refractivity contribution in [1.82, 2.24) is 0 Å². The van der Waals surface area contributed by atoms with Gasteiger partial charge in [0.2, 0.25) is 0 Å². The van der Waals surface area contributed by atoms with E-state index in [0.29, 0.717) is 11.3 Å². The van der Waals surface area contributed by atoms with Gasteiger partial charge in [-0.05, 0) is 36.8 Å². The molecule has 0 saturated heterocycles. The third kappa shape index (κ3) is 2.33. The number of carbonyl (C=O) groups excluding carboxylic acids is 2. The molecule has 0 unspecified atom stereocenters. The minimum atomic E-state index is -0.706. The SMILES string of the molecule is Cc1ccc(C2=C(O)C(=O)N(c3ccc(Br)cc3)C2=O)cc1. The van der Waals surface area contributed by atoms with E-state index in [2.05, 4.69) is 15.9 Å². The van der Waals surface area contributed by atoms with Crippen molar-refractivity contribution in [3.63, 3.8) is 0 Å². The van der Waals surface area contributed by atoms with Crippen LogP contribution in [0.4, 0.5) is 5.69 Å². The molecule has 22 heavy (non-hydrogen) atoms. The van der Waals surface area contributed by atoms with Crippen LogP contribution in [0.1, 0.15) is 11.1 Å². The molecule has 4 nitrogen and oxygen atoms in total. The van der Waals surface area contributed by atoms with Crippen LogP contribution in [0.5, 0.6) is 0 Å². The Balaban J connectivity index is 2.03. The Morgan fingerprint density at radius 1 is 0.909 bits per heavy atom. The van der Waals surface area contributed by atoms with Crippen LogP contribution in [0, 0.1) is 6.92 Å². The highest BCUT2D eigenvalue weighted by Crippen LogP contribution is 2.32. The standard InChI is InChI=1S/C17H12BrNO3/c1-10-2-4-11(5-3-10)14-15(20)17(22)19(16(14)21)13-8-6-12(18)7-9-13/h2-9,20H,1H3. The summed E-state index contributed by atoms with van der Waals surface area (Å²) in [6.45, 7) is 1.92. The first-order chi connectivity index (χ1) is 10.5. The monoisotopic (exact) mass is 357 g/mol. The number of rotatable bonds is 2. The molecule has 0 atom stereocenters. The molecule has 0 saturated carbocycles. The number of hydrogen-bond acceptors (Lipinski definition) is 3. The summed E-state index contributed by atoms with van der Waals surface area (Å²) in [5.74, 6) is -1.74. The summed E-state index contributed by atoms with van der Waals surface area (Å²) in [5.41, 5.74) is 2.02. The second-order valence-corrected chi connectivity index (χ2v) is 5.93. The lowest BCUT2D eigenvalue weighted by Gasteiger charge is -2.14. The molecule has 0 radical (unpaired) electrons. The maximum atomic E-state index is 12.6. The zero-order chi connectivity index (χ0) is 15.9. The normalized spacial score (nSPS) is 14.9. The first-order valence-corrected chi connectivity index (χ1v) is 7.43. The summed E-state index contributed by atoms with van der Waals surface area (Å²) < 4.78 is 0.839. The van der Waals surface area contributed by atoms with Crippen molar-refractivity contribution < 1.29 is 14.7 Å². The first kappa shape index (κ1) is 14.5. The van der Waals surface area contributed by atoms with Gasteiger partial charge in [0.1, 0.15) is 0 Å². The zero-order valence-corrected chi connectivity index (χ0v) is 13.3. The number of benzene rings is 2. The summed E-state index contributed by atoms with van der Waals surface area (Å²) in [7, 11) is 0. The summed E-state index contributed by atoms with van der Waals surface area (Å²) >= 11 is 3.30. The predicted molar refractivity (Wildman–Crippen MR) is 87.4 cm³/mol. The van der Waals surface area contributed by atoms with Crippen LogP contribution in [-0.4, -0.2) is 16.9 Å². The van der Waals surface area contributed by atoms with Crippen molar-refractivity contribution in [2.24, 2.45) is 0 Å². The zero-order valence-electron chi connectivity index (χ0n) is 11.7. The molecular weight excluding hydrogens is 346 g/mol. The van der Waals surface area contributed by atoms with E-state index in [0.717, 1.165) is 14.9 Å². The van der Waals surface area contributed by atoms with Gasteiger partial charge >= 0.3 is 5.91 Å². The number of aliphatic hydroxyl groups excluding tert-OH is 1. The molecule has 0 aromatic heterocycles. The van der Waals surface area contributed by atoms with Gasteiger partial charge in [-0.1, -0.05) is 45.8 Å². The van der Waals surface area contributed by atoms with Crippen molar-refractivity contribution in [2.75, 3.05) is 4.90 Å². The van der Waals surface area contributed by atoms with E-state index < -0.39 is 17.6 Å². The Morgan fingerprint density at radius 2 is 1.50 bits per heavy atom. The minimum Gasteiger partial charge on any atom is -0.502 e. The van der Waals surface area contributed by atoms with Crippen molar-refractivity contribution in [2.45, 2.75) is 6.92 Å². The van der Waals surface area contributed by atoms with Gasteiger partial charge < -0.3 is 5.11 Å². The van der Waals surface area contributed by atoms with Crippen molar-refractivity contribution >= 4 is 39.0 Å². The number of nitrogens with zero attached hydrogens (tertiary/aromatic N) is 1. The summed E-state index contributed by atoms with van der Waals surface area (Å²) in [6, 6.07) is 13.9. The third-order valence-electron chi connectivity index (χ3n) is 3.48. The van der Waals surface area contributed by atoms with Gasteiger partial charge in [0, 0.05) is 4.47 Å². The first-order valence-electron chi connectivity index (χ1n) is 6.63. The third-order valence-corrected chi connectivity index (χ3v) is 4.01. The van der Waals surface area contributed by atoms with Crippen molar-refractivity contribution in [1.29, 1.82) is 0 Å². The summed E-state index contributed by atoms with van der Waals surface area (Å²) in [4.78, 5) is 25.8. The molecule has 1 N–H and O–H groups in total. The van der Waals surface area contributed by atoms with Crippen LogP contribution in [0.25, 0.3) is 5.57 Å². The Labute approximate surface area is 135 Å². The Morgan fingerprint density at radius 3 is 2.09 bits per heavy atom. The molecule has 3 rings (SSSR count). The topological polar surface area (TPSA) is 57.6 Å². The molecule has 2 aromatic rings. The van der Waals surface area contributed by atoms with E-state index in [1.807, 2.05) is 19.1 Å². The van der Waals surface area contributed by atoms with E-state index in [-0.39, 0.29) is 5.57 Å². The van der Waals surface area contributed by atoms with Crippen LogP contribution >= 0.6 is 15.9 Å². The number of imide groups is 1. The average Bonchev–Trinajstić information content (AvgIpc) is 2.72. The molecular formula is C17H12BrNO3. The molecule has 0 bridgehead atoms. The van der Waals surface area contributed by atoms with Crippen LogP contribution in [-0.2, 0) is 9.59 Å². The molecule has 0 aliphatic carbocycles. The van der Waals surface area contributed by atoms with E-state index in [1.54, 1.807) is 36.4 Å². The van der Waals surface area contributed by atoms with Gasteiger partial charge in [0.25, 0.3) is 5.91 Å². The van der Waals surface area contributed by atoms with E-state index in [9.17, 15) is 14.7 Å². The van der Waals surface area contributed by atoms with Crippen LogP contribution in [0.2, 0.25) is 0 Å². The van der Waals surface area contributed by atoms with Crippen molar-refractivity contribution in [3.05, 3.63) is 69.9 Å². The van der Waals surface area contributed by atoms with Gasteiger partial charge in [-0.25, -0.2) is 4.90 Å². The van der Waals surface area contributed by atoms with Gasteiger partial charge in [-0.15, -0.1) is 0 Å². The van der Waals surface area contributed by atoms with Crippen LogP contribution in [0.15, 0.2) is 58.8 Å². The average molecular weight is 358 g/mol. The highest BCUT2D eigenvalue weighted by atomic mass is 79.9. The maximum absolute atomic E-state index is 12.6. The highest BCUT2D eigenvalue weighted by Gasteiger charge is 2.40. The Kier molecular flexibility index (Phi) is 3.58. The highest BCUT2D eigenvalue weighted by molar-refractivity contribution is 9.10. The number of carbonyl (C=O) groups is 2. The lowest BCUT2D eigenvalue weighted by Crippen LogP contribution is -2.31. The fourth-order valence-electron chi connectivity index (χ4n) is 2.32. The second-order valence-electron chi connectivity index (χ2n) is 5.01. The van der Waals surface area contributed by atoms with Gasteiger partial charge in [0.15, 0.2) is 5.76 Å². The lowest BCUT2D eigenvalue weighted by molar-refractivity contribution is -0.121. The predicted octanol–water partition coefficient (Wildman–Crippen LogP) is 3.60. The molecule has 1 aliphatic heterocycles. The van der Waals surface area contributed by atoms with Crippen molar-refractivity contribution in [3.8, 4) is 0 Å². The number of halogens is 1. The van der Waals surface area contributed by atoms with Crippen LogP contribution in [0.3, 0.4) is 0 Å². The fourth-order valence-corrected chi connectivity index (χ4v) is 2.59. The number of amides is 2. The second kappa shape index (κ2) is 5.42. The molecule has 2 amide bonds. The molecule has 1 aliphatic rings. The molecule has 2 aromatic carbocycles.